The molecule has 3 rings (SSSR count). The molecule has 130 valence electrons. The second-order valence-electron chi connectivity index (χ2n) is 6.01. The van der Waals surface area contributed by atoms with Gasteiger partial charge in [-0.3, -0.25) is 4.79 Å². The normalized spacial score (nSPS) is 13.8. The van der Waals surface area contributed by atoms with Crippen molar-refractivity contribution in [3.63, 3.8) is 0 Å². The van der Waals surface area contributed by atoms with Crippen molar-refractivity contribution in [1.82, 2.24) is 10.2 Å². The Kier molecular flexibility index (Phi) is 5.89. The van der Waals surface area contributed by atoms with E-state index in [9.17, 15) is 4.79 Å². The predicted molar refractivity (Wildman–Crippen MR) is 106 cm³/mol. The summed E-state index contributed by atoms with van der Waals surface area (Å²) in [6, 6.07) is 15.5. The van der Waals surface area contributed by atoms with E-state index in [1.54, 1.807) is 0 Å². The fourth-order valence-electron chi connectivity index (χ4n) is 2.88. The molecule has 0 bridgehead atoms. The Hall–Kier alpha value is -2.11. The molecule has 2 N–H and O–H groups in total. The molecule has 0 unspecified atom stereocenters. The minimum Gasteiger partial charge on any atom is -0.358 e. The minimum absolute atomic E-state index is 0.237. The molecule has 1 saturated heterocycles. The molecule has 1 aliphatic rings. The van der Waals surface area contributed by atoms with E-state index in [0.29, 0.717) is 29.6 Å². The average molecular weight is 374 g/mol. The molecule has 2 aromatic carbocycles. The number of anilines is 1. The molecule has 0 radical (unpaired) electrons. The van der Waals surface area contributed by atoms with E-state index >= 15 is 0 Å². The molecule has 1 fully saturated rings. The molecule has 0 aromatic heterocycles. The Morgan fingerprint density at radius 1 is 1.16 bits per heavy atom. The molecule has 1 aliphatic heterocycles. The summed E-state index contributed by atoms with van der Waals surface area (Å²) in [5, 5.41) is 7.54. The number of thiocarbonyl (C=S) groups is 1. The molecule has 0 aliphatic carbocycles. The van der Waals surface area contributed by atoms with E-state index in [1.807, 2.05) is 41.3 Å². The molecule has 0 atom stereocenters. The summed E-state index contributed by atoms with van der Waals surface area (Å²) in [5.41, 5.74) is 3.13. The topological polar surface area (TPSA) is 44.4 Å². The van der Waals surface area contributed by atoms with Gasteiger partial charge in [-0.15, -0.1) is 0 Å². The Bertz CT molecular complexity index is 781. The molecular weight excluding hydrogens is 354 g/mol. The zero-order chi connectivity index (χ0) is 17.6. The number of hydrogen-bond acceptors (Lipinski definition) is 2. The quantitative estimate of drug-likeness (QED) is 0.779. The van der Waals surface area contributed by atoms with Crippen LogP contribution in [0.1, 0.15) is 24.0 Å². The SMILES string of the molecule is O=C1CCCN1Cc1ccccc1CNC(=S)Nc1cccc(Cl)c1. The number of likely N-dealkylation sites (tertiary alicyclic amines) is 1. The van der Waals surface area contributed by atoms with Gasteiger partial charge in [0.1, 0.15) is 0 Å². The highest BCUT2D eigenvalue weighted by Crippen LogP contribution is 2.18. The zero-order valence-corrected chi connectivity index (χ0v) is 15.4. The molecule has 4 nitrogen and oxygen atoms in total. The number of carbonyl (C=O) groups excluding carboxylic acids is 1. The van der Waals surface area contributed by atoms with Crippen LogP contribution in [-0.4, -0.2) is 22.5 Å². The highest BCUT2D eigenvalue weighted by molar-refractivity contribution is 7.80. The Balaban J connectivity index is 1.59. The number of carbonyl (C=O) groups is 1. The van der Waals surface area contributed by atoms with Crippen LogP contribution in [0.25, 0.3) is 0 Å². The van der Waals surface area contributed by atoms with Crippen LogP contribution in [0, 0.1) is 0 Å². The summed E-state index contributed by atoms with van der Waals surface area (Å²) in [6.07, 6.45) is 1.61. The lowest BCUT2D eigenvalue weighted by molar-refractivity contribution is -0.128. The highest BCUT2D eigenvalue weighted by Gasteiger charge is 2.20. The highest BCUT2D eigenvalue weighted by atomic mass is 35.5. The third-order valence-electron chi connectivity index (χ3n) is 4.17. The lowest BCUT2D eigenvalue weighted by Gasteiger charge is -2.19. The van der Waals surface area contributed by atoms with Gasteiger partial charge in [0.15, 0.2) is 5.11 Å². The number of benzene rings is 2. The van der Waals surface area contributed by atoms with Crippen molar-refractivity contribution in [3.05, 3.63) is 64.7 Å². The van der Waals surface area contributed by atoms with Crippen LogP contribution >= 0.6 is 23.8 Å². The van der Waals surface area contributed by atoms with Crippen LogP contribution in [0.15, 0.2) is 48.5 Å². The van der Waals surface area contributed by atoms with E-state index in [2.05, 4.69) is 22.8 Å². The first-order valence-electron chi connectivity index (χ1n) is 8.27. The Labute approximate surface area is 158 Å². The lowest BCUT2D eigenvalue weighted by Crippen LogP contribution is -2.29. The number of nitrogens with zero attached hydrogens (tertiary/aromatic N) is 1. The van der Waals surface area contributed by atoms with Gasteiger partial charge in [0.25, 0.3) is 0 Å². The Morgan fingerprint density at radius 3 is 2.68 bits per heavy atom. The van der Waals surface area contributed by atoms with Crippen LogP contribution in [0.4, 0.5) is 5.69 Å². The number of rotatable bonds is 5. The number of amides is 1. The average Bonchev–Trinajstić information content (AvgIpc) is 2.99. The maximum atomic E-state index is 11.9. The van der Waals surface area contributed by atoms with Gasteiger partial charge in [0.2, 0.25) is 5.91 Å². The standard InChI is InChI=1S/C19H20ClN3OS/c20-16-7-3-8-17(11-16)22-19(25)21-12-14-5-1-2-6-15(14)13-23-10-4-9-18(23)24/h1-3,5-8,11H,4,9-10,12-13H2,(H2,21,22,25). The van der Waals surface area contributed by atoms with Crippen LogP contribution in [-0.2, 0) is 17.9 Å². The third kappa shape index (κ3) is 4.94. The van der Waals surface area contributed by atoms with Crippen molar-refractivity contribution in [2.75, 3.05) is 11.9 Å². The molecule has 1 amide bonds. The maximum absolute atomic E-state index is 11.9. The summed E-state index contributed by atoms with van der Waals surface area (Å²) in [7, 11) is 0. The maximum Gasteiger partial charge on any atom is 0.222 e. The first-order valence-corrected chi connectivity index (χ1v) is 9.05. The van der Waals surface area contributed by atoms with Crippen LogP contribution in [0.3, 0.4) is 0 Å². The number of hydrogen-bond donors (Lipinski definition) is 2. The van der Waals surface area contributed by atoms with E-state index < -0.39 is 0 Å². The fraction of sp³-hybridized carbons (Fsp3) is 0.263. The van der Waals surface area contributed by atoms with Gasteiger partial charge in [-0.05, 0) is 48.0 Å². The van der Waals surface area contributed by atoms with Crippen LogP contribution in [0.2, 0.25) is 5.02 Å². The van der Waals surface area contributed by atoms with Crippen LogP contribution in [0.5, 0.6) is 0 Å². The first-order chi connectivity index (χ1) is 12.1. The second kappa shape index (κ2) is 8.32. The van der Waals surface area contributed by atoms with Crippen LogP contribution < -0.4 is 10.6 Å². The number of halogens is 1. The van der Waals surface area contributed by atoms with E-state index in [1.165, 1.54) is 0 Å². The minimum atomic E-state index is 0.237. The lowest BCUT2D eigenvalue weighted by atomic mass is 10.1. The zero-order valence-electron chi connectivity index (χ0n) is 13.8. The van der Waals surface area contributed by atoms with Crippen molar-refractivity contribution in [3.8, 4) is 0 Å². The monoisotopic (exact) mass is 373 g/mol. The van der Waals surface area contributed by atoms with E-state index in [4.69, 9.17) is 23.8 Å². The van der Waals surface area contributed by atoms with Crippen molar-refractivity contribution in [2.45, 2.75) is 25.9 Å². The van der Waals surface area contributed by atoms with Gasteiger partial charge in [0, 0.05) is 36.8 Å². The number of nitrogens with one attached hydrogen (secondary N) is 2. The third-order valence-corrected chi connectivity index (χ3v) is 4.65. The Morgan fingerprint density at radius 2 is 1.96 bits per heavy atom. The van der Waals surface area contributed by atoms with Crippen molar-refractivity contribution in [1.29, 1.82) is 0 Å². The molecule has 0 spiro atoms. The van der Waals surface area contributed by atoms with Crippen molar-refractivity contribution >= 4 is 40.5 Å². The largest absolute Gasteiger partial charge is 0.358 e. The predicted octanol–water partition coefficient (Wildman–Crippen LogP) is 3.95. The summed E-state index contributed by atoms with van der Waals surface area (Å²) < 4.78 is 0. The van der Waals surface area contributed by atoms with Gasteiger partial charge < -0.3 is 15.5 Å². The molecular formula is C19H20ClN3OS. The first kappa shape index (κ1) is 17.7. The fourth-order valence-corrected chi connectivity index (χ4v) is 3.26. The van der Waals surface area contributed by atoms with E-state index in [-0.39, 0.29) is 5.91 Å². The molecule has 0 saturated carbocycles. The summed E-state index contributed by atoms with van der Waals surface area (Å²) in [5.74, 6) is 0.237. The summed E-state index contributed by atoms with van der Waals surface area (Å²) in [6.45, 7) is 2.10. The van der Waals surface area contributed by atoms with E-state index in [0.717, 1.165) is 29.8 Å². The molecule has 2 aromatic rings. The van der Waals surface area contributed by atoms with Gasteiger partial charge >= 0.3 is 0 Å². The van der Waals surface area contributed by atoms with Crippen molar-refractivity contribution < 1.29 is 4.79 Å². The summed E-state index contributed by atoms with van der Waals surface area (Å²) >= 11 is 11.3. The van der Waals surface area contributed by atoms with Gasteiger partial charge in [-0.2, -0.15) is 0 Å². The molecule has 6 heteroatoms. The molecule has 1 heterocycles. The summed E-state index contributed by atoms with van der Waals surface area (Å²) in [4.78, 5) is 13.8. The second-order valence-corrected chi connectivity index (χ2v) is 6.85. The van der Waals surface area contributed by atoms with Gasteiger partial charge in [0.05, 0.1) is 0 Å². The van der Waals surface area contributed by atoms with Crippen molar-refractivity contribution in [2.24, 2.45) is 0 Å². The molecule has 25 heavy (non-hydrogen) atoms. The van der Waals surface area contributed by atoms with Gasteiger partial charge in [-0.25, -0.2) is 0 Å². The van der Waals surface area contributed by atoms with Gasteiger partial charge in [-0.1, -0.05) is 41.9 Å². The smallest absolute Gasteiger partial charge is 0.222 e.